The van der Waals surface area contributed by atoms with E-state index in [9.17, 15) is 26.0 Å². The van der Waals surface area contributed by atoms with Crippen molar-refractivity contribution < 1.29 is 91.7 Å². The van der Waals surface area contributed by atoms with E-state index >= 15 is 0 Å². The normalized spacial score (nSPS) is 19.6. The smallest absolute Gasteiger partial charge is 0.143 e. The van der Waals surface area contributed by atoms with E-state index in [4.69, 9.17) is 65.6 Å². The van der Waals surface area contributed by atoms with Crippen LogP contribution < -0.4 is 0 Å². The first kappa shape index (κ1) is 24.0. The molecule has 0 spiro atoms. The van der Waals surface area contributed by atoms with Gasteiger partial charge < -0.3 is 17.7 Å². The van der Waals surface area contributed by atoms with E-state index in [0.29, 0.717) is 0 Å². The van der Waals surface area contributed by atoms with Crippen LogP contribution in [0, 0.1) is 0 Å². The Balaban J connectivity index is 0.000000184. The van der Waals surface area contributed by atoms with Crippen molar-refractivity contribution in [2.45, 2.75) is 0 Å². The number of fused-ring (bicyclic) bond motifs is 16. The predicted molar refractivity (Wildman–Crippen MR) is 410 cm³/mol. The summed E-state index contributed by atoms with van der Waals surface area (Å²) in [6, 6.07) is -44.1. The molecule has 17 aromatic carbocycles. The van der Waals surface area contributed by atoms with Crippen molar-refractivity contribution >= 4 is 131 Å². The van der Waals surface area contributed by atoms with Crippen molar-refractivity contribution in [1.82, 2.24) is 0 Å². The van der Waals surface area contributed by atoms with Crippen molar-refractivity contribution in [2.24, 2.45) is 0 Å². The van der Waals surface area contributed by atoms with E-state index in [-0.39, 0.29) is 27.1 Å². The Kier molecular flexibility index (Phi) is 5.47. The monoisotopic (exact) mass is 1300 g/mol. The number of benzene rings is 17. The Morgan fingerprint density at radius 1 is 0.153 bits per heavy atom. The fourth-order valence-electron chi connectivity index (χ4n) is 12.1. The van der Waals surface area contributed by atoms with Gasteiger partial charge in [0, 0.05) is 70.9 Å². The van der Waals surface area contributed by atoms with Crippen LogP contribution in [0.2, 0.25) is 0 Å². The van der Waals surface area contributed by atoms with E-state index in [0.717, 1.165) is 12.1 Å². The second-order valence-corrected chi connectivity index (χ2v) is 21.5. The lowest BCUT2D eigenvalue weighted by Crippen LogP contribution is -1.91. The molecule has 0 unspecified atom stereocenters. The van der Waals surface area contributed by atoms with Crippen molar-refractivity contribution in [3.63, 3.8) is 0 Å². The molecule has 4 nitrogen and oxygen atoms in total. The van der Waals surface area contributed by atoms with Gasteiger partial charge in [0.05, 0.1) is 74.0 Å². The molecular weight excluding hydrogens is 1190 g/mol. The molecule has 4 heteroatoms. The molecule has 0 saturated carbocycles. The van der Waals surface area contributed by atoms with E-state index in [2.05, 4.69) is 0 Å². The molecule has 0 atom stereocenters. The molecule has 21 aromatic rings. The zero-order valence-corrected chi connectivity index (χ0v) is 48.8. The van der Waals surface area contributed by atoms with Crippen LogP contribution in [0.3, 0.4) is 0 Å². The zero-order valence-electron chi connectivity index (χ0n) is 103. The molecule has 0 radical (unpaired) electrons. The Bertz CT molecular complexity index is 10000. The maximum atomic E-state index is 9.62. The van der Waals surface area contributed by atoms with Crippen LogP contribution >= 0.6 is 0 Å². The van der Waals surface area contributed by atoms with Gasteiger partial charge in [-0.2, -0.15) is 0 Å². The van der Waals surface area contributed by atoms with Gasteiger partial charge in [-0.1, -0.05) is 314 Å². The van der Waals surface area contributed by atoms with Gasteiger partial charge in [0.1, 0.15) is 44.7 Å². The van der Waals surface area contributed by atoms with Crippen molar-refractivity contribution in [3.05, 3.63) is 338 Å². The molecule has 0 aliphatic carbocycles. The molecule has 0 fully saturated rings. The summed E-state index contributed by atoms with van der Waals surface area (Å²) in [5.74, 6) is 0. The summed E-state index contributed by atoms with van der Waals surface area (Å²) in [6.45, 7) is 0. The third-order valence-corrected chi connectivity index (χ3v) is 16.3. The highest BCUT2D eigenvalue weighted by atomic mass is 16.3. The standard InChI is InChI=1S/C50H30O2.C44H26O2/c1-2-14-40-39(13-1)47(33-27-23-31(24-28-33)35-17-9-19-43-37-11-5-7-21-45(37)51-49(35)43)41-15-3-4-16-42(41)48(40)34-29-25-32(26-30-34)36-18-10-20-44-38-12-6-8-22-46(38)52-50(36)44;1-3-15-34-32(13-1)41(28-25-23-27(24-26-28)29-17-9-18-36-30-11-5-7-21-39(30)45-43(29)36)33-14-2-4-16-35(33)42(34)38-20-10-19-37-31-12-6-8-22-40(31)46-44(37)38/h1-30H;1-26H/i1D,2D,3D,4D,5D,6D,7D,8D,9D,10D,11D,12D,13D,14D,15D,16D,17D,18D,19D,20D,21D,22D,23D,24D,25D,27D,28D,29D;1D,2D,3D,4D,5D,6D,7D,8D,9D,10D,11D,12D,13D,14D,15D,16D,17D,18D,19D,20D,21D,22D,23D,24D,25D,26D. The topological polar surface area (TPSA) is 52.6 Å². The van der Waals surface area contributed by atoms with Crippen LogP contribution in [-0.2, 0) is 0 Å². The molecule has 0 bridgehead atoms. The summed E-state index contributed by atoms with van der Waals surface area (Å²) in [5.41, 5.74) is -13.1. The lowest BCUT2D eigenvalue weighted by atomic mass is 9.85. The summed E-state index contributed by atoms with van der Waals surface area (Å²) in [6.07, 6.45) is 0. The molecular formula is C94H56O4. The Hall–Kier alpha value is -13.0. The molecule has 0 aliphatic rings. The van der Waals surface area contributed by atoms with Gasteiger partial charge in [-0.15, -0.1) is 0 Å². The fraction of sp³-hybridized carbons (Fsp3) is 0. The third-order valence-electron chi connectivity index (χ3n) is 16.3. The molecule has 21 rings (SSSR count). The highest BCUT2D eigenvalue weighted by Crippen LogP contribution is 2.49. The molecule has 0 amide bonds. The number of hydrogen-bond donors (Lipinski definition) is 0. The first-order valence-corrected chi connectivity index (χ1v) is 29.0. The molecule has 0 N–H and O–H groups in total. The van der Waals surface area contributed by atoms with Gasteiger partial charge in [0.15, 0.2) is 0 Å². The molecule has 456 valence electrons. The van der Waals surface area contributed by atoms with E-state index in [1.54, 1.807) is 0 Å². The molecule has 98 heavy (non-hydrogen) atoms. The SMILES string of the molecule is [2H]c1c(-c2c([2H])c([2H])c([2H])c3c2oc2c([2H])c([2H])c([2H])c([2H])c23)ccc(-c2c3c([2H])c([2H])c([2H])c([2H])c3c(-c3c([2H])c([2H])c(-c4c([2H])c([2H])c([2H])c5c4oc4c([2H])c([2H])c([2H])c([2H])c45)c([2H])c3[2H])c3c([2H])c([2H])c([2H])c([2H])c23)c1[2H].[2H]c1c([2H])c(-c2c3c([2H])c([2H])c([2H])c([2H])c3c(-c3c([2H])c([2H])c([2H])c4c3oc3c([2H])c([2H])c([2H])c([2H])c34)c3c([2H])c([2H])c([2H])c([2H])c23)c([2H])c([2H])c1-c1c([2H])c([2H])c([2H])c2c1oc1c([2H])c([2H])c([2H])c([2H])c12. The van der Waals surface area contributed by atoms with Crippen LogP contribution in [0.4, 0.5) is 0 Å². The van der Waals surface area contributed by atoms with Crippen LogP contribution in [0.25, 0.3) is 209 Å². The van der Waals surface area contributed by atoms with Gasteiger partial charge in [-0.3, -0.25) is 0 Å². The Morgan fingerprint density at radius 3 is 0.704 bits per heavy atom. The zero-order chi connectivity index (χ0) is 111. The third kappa shape index (κ3) is 8.71. The number of hydrogen-bond acceptors (Lipinski definition) is 4. The summed E-state index contributed by atoms with van der Waals surface area (Å²) in [4.78, 5) is 0. The van der Waals surface area contributed by atoms with Crippen LogP contribution in [0.1, 0.15) is 74.0 Å². The van der Waals surface area contributed by atoms with Gasteiger partial charge in [0.2, 0.25) is 0 Å². The van der Waals surface area contributed by atoms with E-state index in [1.165, 1.54) is 0 Å². The quantitative estimate of drug-likeness (QED) is 0.149. The number of rotatable bonds is 7. The lowest BCUT2D eigenvalue weighted by Gasteiger charge is -2.18. The lowest BCUT2D eigenvalue weighted by molar-refractivity contribution is 0.669. The predicted octanol–water partition coefficient (Wildman–Crippen LogP) is 27.3. The summed E-state index contributed by atoms with van der Waals surface area (Å²) < 4.78 is 507. The minimum absolute atomic E-state index is 0.299. The largest absolute Gasteiger partial charge is 0.455 e. The van der Waals surface area contributed by atoms with Crippen molar-refractivity contribution in [1.29, 1.82) is 0 Å². The average molecular weight is 1300 g/mol. The molecule has 0 saturated heterocycles. The second kappa shape index (κ2) is 22.3. The summed E-state index contributed by atoms with van der Waals surface area (Å²) in [7, 11) is 0. The molecule has 0 aliphatic heterocycles. The van der Waals surface area contributed by atoms with Gasteiger partial charge >= 0.3 is 0 Å². The number of para-hydroxylation sites is 8. The van der Waals surface area contributed by atoms with Crippen LogP contribution in [-0.4, -0.2) is 0 Å². The van der Waals surface area contributed by atoms with Crippen molar-refractivity contribution in [2.75, 3.05) is 0 Å². The number of furan rings is 4. The van der Waals surface area contributed by atoms with Crippen LogP contribution in [0.15, 0.2) is 356 Å². The maximum absolute atomic E-state index is 9.62. The summed E-state index contributed by atoms with van der Waals surface area (Å²) >= 11 is 0. The van der Waals surface area contributed by atoms with Gasteiger partial charge in [-0.05, 0) is 117 Å². The minimum atomic E-state index is -1.06. The highest BCUT2D eigenvalue weighted by molar-refractivity contribution is 6.25. The first-order valence-electron chi connectivity index (χ1n) is 56.0. The molecule has 4 aromatic heterocycles. The minimum Gasteiger partial charge on any atom is -0.455 e. The van der Waals surface area contributed by atoms with Gasteiger partial charge in [0.25, 0.3) is 0 Å². The van der Waals surface area contributed by atoms with Crippen LogP contribution in [0.5, 0.6) is 0 Å². The first-order chi connectivity index (χ1) is 71.1. The highest BCUT2D eigenvalue weighted by Gasteiger charge is 2.23. The van der Waals surface area contributed by atoms with E-state index in [1.807, 2.05) is 0 Å². The Labute approximate surface area is 638 Å². The fourth-order valence-corrected chi connectivity index (χ4v) is 12.1. The Morgan fingerprint density at radius 2 is 0.367 bits per heavy atom. The van der Waals surface area contributed by atoms with Gasteiger partial charge in [-0.25, -0.2) is 0 Å². The van der Waals surface area contributed by atoms with E-state index < -0.39 is 508 Å². The second-order valence-electron chi connectivity index (χ2n) is 21.5. The maximum Gasteiger partial charge on any atom is 0.143 e. The average Bonchev–Trinajstić information content (AvgIpc) is 1.59. The molecule has 4 heterocycles. The van der Waals surface area contributed by atoms with Crippen molar-refractivity contribution in [3.8, 4) is 77.9 Å². The summed E-state index contributed by atoms with van der Waals surface area (Å²) in [5, 5.41) is -8.44.